The number of fused-ring (bicyclic) bond motifs is 3. The van der Waals surface area contributed by atoms with Gasteiger partial charge in [0.25, 0.3) is 0 Å². The second-order valence-corrected chi connectivity index (χ2v) is 5.26. The van der Waals surface area contributed by atoms with E-state index in [2.05, 4.69) is 0 Å². The van der Waals surface area contributed by atoms with Gasteiger partial charge in [0, 0.05) is 16.7 Å². The highest BCUT2D eigenvalue weighted by Crippen LogP contribution is 2.42. The van der Waals surface area contributed by atoms with Crippen molar-refractivity contribution in [2.75, 3.05) is 0 Å². The lowest BCUT2D eigenvalue weighted by molar-refractivity contribution is 0.0774. The minimum Gasteiger partial charge on any atom is -0.481 e. The Kier molecular flexibility index (Phi) is 2.39. The van der Waals surface area contributed by atoms with Crippen LogP contribution < -0.4 is 0 Å². The summed E-state index contributed by atoms with van der Waals surface area (Å²) >= 11 is 0. The molecule has 3 nitrogen and oxygen atoms in total. The maximum absolute atomic E-state index is 12.8. The molecule has 0 saturated heterocycles. The minimum absolute atomic E-state index is 0.139. The van der Waals surface area contributed by atoms with Crippen molar-refractivity contribution < 1.29 is 14.3 Å². The number of hydrogen-bond donors (Lipinski definition) is 0. The Labute approximate surface area is 121 Å². The van der Waals surface area contributed by atoms with Crippen LogP contribution in [0.5, 0.6) is 0 Å². The molecule has 0 bridgehead atoms. The fourth-order valence-corrected chi connectivity index (χ4v) is 3.03. The Morgan fingerprint density at radius 2 is 1.38 bits per heavy atom. The molecule has 0 aromatic heterocycles. The molecule has 3 heteroatoms. The van der Waals surface area contributed by atoms with Gasteiger partial charge in [0.2, 0.25) is 5.78 Å². The summed E-state index contributed by atoms with van der Waals surface area (Å²) in [6.07, 6.45) is -0.234. The van der Waals surface area contributed by atoms with Crippen molar-refractivity contribution in [2.24, 2.45) is 0 Å². The van der Waals surface area contributed by atoms with E-state index >= 15 is 0 Å². The van der Waals surface area contributed by atoms with Crippen LogP contribution in [-0.4, -0.2) is 11.6 Å². The van der Waals surface area contributed by atoms with Crippen LogP contribution in [0.1, 0.15) is 44.9 Å². The van der Waals surface area contributed by atoms with Crippen LogP contribution in [0, 0.1) is 0 Å². The van der Waals surface area contributed by atoms with Crippen molar-refractivity contribution in [3.05, 3.63) is 76.5 Å². The monoisotopic (exact) mass is 276 g/mol. The molecule has 1 unspecified atom stereocenters. The van der Waals surface area contributed by atoms with E-state index in [-0.39, 0.29) is 23.4 Å². The summed E-state index contributed by atoms with van der Waals surface area (Å²) in [6.45, 7) is 1.89. The molecule has 0 spiro atoms. The largest absolute Gasteiger partial charge is 0.481 e. The molecule has 0 radical (unpaired) electrons. The first-order valence-electron chi connectivity index (χ1n) is 6.87. The van der Waals surface area contributed by atoms with Gasteiger partial charge in [-0.1, -0.05) is 48.5 Å². The van der Waals surface area contributed by atoms with E-state index in [4.69, 9.17) is 4.74 Å². The first-order chi connectivity index (χ1) is 10.2. The Morgan fingerprint density at radius 1 is 0.810 bits per heavy atom. The summed E-state index contributed by atoms with van der Waals surface area (Å²) in [6, 6.07) is 14.5. The SMILES string of the molecule is CC1OC2=C(C(=O)c3ccccc3C2=O)c2ccccc21. The highest BCUT2D eigenvalue weighted by molar-refractivity contribution is 6.40. The highest BCUT2D eigenvalue weighted by atomic mass is 16.5. The van der Waals surface area contributed by atoms with Gasteiger partial charge in [0.05, 0.1) is 5.57 Å². The molecule has 21 heavy (non-hydrogen) atoms. The standard InChI is InChI=1S/C18H12O3/c1-10-11-6-2-3-7-12(11)15-16(19)13-8-4-5-9-14(13)17(20)18(15)21-10/h2-10H,1H3. The molecule has 1 atom stereocenters. The molecule has 1 aliphatic carbocycles. The number of hydrogen-bond acceptors (Lipinski definition) is 3. The Morgan fingerprint density at radius 3 is 2.10 bits per heavy atom. The maximum Gasteiger partial charge on any atom is 0.229 e. The van der Waals surface area contributed by atoms with Gasteiger partial charge in [-0.05, 0) is 12.5 Å². The molecule has 1 heterocycles. The molecule has 0 N–H and O–H groups in total. The number of ether oxygens (including phenoxy) is 1. The molecule has 2 aromatic carbocycles. The molecule has 4 rings (SSSR count). The quantitative estimate of drug-likeness (QED) is 0.738. The second kappa shape index (κ2) is 4.16. The average Bonchev–Trinajstić information content (AvgIpc) is 2.53. The first-order valence-corrected chi connectivity index (χ1v) is 6.87. The van der Waals surface area contributed by atoms with Crippen molar-refractivity contribution in [1.82, 2.24) is 0 Å². The number of carbonyl (C=O) groups is 2. The van der Waals surface area contributed by atoms with E-state index in [1.54, 1.807) is 24.3 Å². The van der Waals surface area contributed by atoms with E-state index in [0.29, 0.717) is 16.7 Å². The summed E-state index contributed by atoms with van der Waals surface area (Å²) < 4.78 is 5.77. The molecule has 0 fully saturated rings. The van der Waals surface area contributed by atoms with Gasteiger partial charge in [0.15, 0.2) is 11.5 Å². The van der Waals surface area contributed by atoms with Crippen LogP contribution in [0.4, 0.5) is 0 Å². The fraction of sp³-hybridized carbons (Fsp3) is 0.111. The van der Waals surface area contributed by atoms with Crippen molar-refractivity contribution in [3.63, 3.8) is 0 Å². The van der Waals surface area contributed by atoms with Crippen molar-refractivity contribution in [2.45, 2.75) is 13.0 Å². The van der Waals surface area contributed by atoms with Gasteiger partial charge in [-0.25, -0.2) is 0 Å². The summed E-state index contributed by atoms with van der Waals surface area (Å²) in [5.41, 5.74) is 3.02. The van der Waals surface area contributed by atoms with Crippen LogP contribution >= 0.6 is 0 Å². The van der Waals surface area contributed by atoms with Crippen LogP contribution in [0.25, 0.3) is 5.57 Å². The summed E-state index contributed by atoms with van der Waals surface area (Å²) in [5.74, 6) is -0.161. The number of benzene rings is 2. The summed E-state index contributed by atoms with van der Waals surface area (Å²) in [4.78, 5) is 25.4. The van der Waals surface area contributed by atoms with Gasteiger partial charge in [0.1, 0.15) is 6.10 Å². The third kappa shape index (κ3) is 1.54. The predicted octanol–water partition coefficient (Wildman–Crippen LogP) is 3.57. The second-order valence-electron chi connectivity index (χ2n) is 5.26. The van der Waals surface area contributed by atoms with Gasteiger partial charge < -0.3 is 4.74 Å². The molecule has 0 saturated carbocycles. The van der Waals surface area contributed by atoms with Gasteiger partial charge in [-0.15, -0.1) is 0 Å². The molecule has 2 aromatic rings. The van der Waals surface area contributed by atoms with E-state index in [0.717, 1.165) is 11.1 Å². The lowest BCUT2D eigenvalue weighted by atomic mass is 9.81. The van der Waals surface area contributed by atoms with Crippen LogP contribution in [0.3, 0.4) is 0 Å². The third-order valence-corrected chi connectivity index (χ3v) is 4.04. The number of allylic oxidation sites excluding steroid dienone is 2. The maximum atomic E-state index is 12.8. The topological polar surface area (TPSA) is 43.4 Å². The van der Waals surface area contributed by atoms with Crippen molar-refractivity contribution >= 4 is 17.1 Å². The number of Topliss-reactive ketones (excluding diaryl/α,β-unsaturated/α-hetero) is 2. The zero-order valence-corrected chi connectivity index (χ0v) is 11.4. The van der Waals surface area contributed by atoms with Gasteiger partial charge in [-0.2, -0.15) is 0 Å². The Hall–Kier alpha value is -2.68. The molecule has 2 aliphatic rings. The molecular formula is C18H12O3. The normalized spacial score (nSPS) is 19.6. The Balaban J connectivity index is 2.03. The Bertz CT molecular complexity index is 830. The summed E-state index contributed by atoms with van der Waals surface area (Å²) in [7, 11) is 0. The van der Waals surface area contributed by atoms with Gasteiger partial charge >= 0.3 is 0 Å². The third-order valence-electron chi connectivity index (χ3n) is 4.04. The fourth-order valence-electron chi connectivity index (χ4n) is 3.03. The minimum atomic E-state index is -0.234. The number of carbonyl (C=O) groups excluding carboxylic acids is 2. The lowest BCUT2D eigenvalue weighted by Gasteiger charge is -2.30. The van der Waals surface area contributed by atoms with Crippen molar-refractivity contribution in [1.29, 1.82) is 0 Å². The zero-order valence-electron chi connectivity index (χ0n) is 11.4. The molecule has 0 amide bonds. The highest BCUT2D eigenvalue weighted by Gasteiger charge is 2.39. The van der Waals surface area contributed by atoms with E-state index in [9.17, 15) is 9.59 Å². The van der Waals surface area contributed by atoms with E-state index in [1.807, 2.05) is 31.2 Å². The number of rotatable bonds is 0. The zero-order chi connectivity index (χ0) is 14.6. The van der Waals surface area contributed by atoms with Crippen LogP contribution in [0.15, 0.2) is 54.3 Å². The van der Waals surface area contributed by atoms with E-state index in [1.165, 1.54) is 0 Å². The first kappa shape index (κ1) is 12.1. The average molecular weight is 276 g/mol. The predicted molar refractivity (Wildman–Crippen MR) is 78.0 cm³/mol. The smallest absolute Gasteiger partial charge is 0.229 e. The number of ketones is 2. The molecular weight excluding hydrogens is 264 g/mol. The summed E-state index contributed by atoms with van der Waals surface area (Å²) in [5, 5.41) is 0. The van der Waals surface area contributed by atoms with E-state index < -0.39 is 0 Å². The van der Waals surface area contributed by atoms with Crippen LogP contribution in [-0.2, 0) is 4.74 Å². The lowest BCUT2D eigenvalue weighted by Crippen LogP contribution is -2.27. The molecule has 102 valence electrons. The van der Waals surface area contributed by atoms with Crippen LogP contribution in [0.2, 0.25) is 0 Å². The van der Waals surface area contributed by atoms with Crippen molar-refractivity contribution in [3.8, 4) is 0 Å². The van der Waals surface area contributed by atoms with Gasteiger partial charge in [-0.3, -0.25) is 9.59 Å². The molecule has 1 aliphatic heterocycles.